The number of rotatable bonds is 4. The van der Waals surface area contributed by atoms with E-state index in [0.717, 1.165) is 27.8 Å². The Bertz CT molecular complexity index is 514. The van der Waals surface area contributed by atoms with Crippen molar-refractivity contribution >= 4 is 11.6 Å². The van der Waals surface area contributed by atoms with Crippen molar-refractivity contribution in [1.82, 2.24) is 0 Å². The maximum atomic E-state index is 5.89. The molecule has 0 aliphatic heterocycles. The molecule has 2 aromatic carbocycles. The summed E-state index contributed by atoms with van der Waals surface area (Å²) in [4.78, 5) is 0. The Hall–Kier alpha value is -1.73. The minimum atomic E-state index is 0.733. The highest BCUT2D eigenvalue weighted by atomic mass is 35.5. The average molecular weight is 258 g/mol. The van der Waals surface area contributed by atoms with E-state index in [9.17, 15) is 0 Å². The quantitative estimate of drug-likeness (QED) is 0.783. The second-order valence-corrected chi connectivity index (χ2v) is 4.29. The Kier molecular flexibility index (Phi) is 4.06. The largest absolute Gasteiger partial charge is 0.497 e. The van der Waals surface area contributed by atoms with Crippen molar-refractivity contribution in [2.75, 3.05) is 7.11 Å². The first-order chi connectivity index (χ1) is 8.74. The van der Waals surface area contributed by atoms with E-state index in [1.54, 1.807) is 7.11 Å². The lowest BCUT2D eigenvalue weighted by Gasteiger charge is -2.13. The molecule has 0 N–H and O–H groups in total. The molecule has 1 radical (unpaired) electrons. The molecular weight excluding hydrogens is 244 g/mol. The highest BCUT2D eigenvalue weighted by molar-refractivity contribution is 6.30. The molecule has 0 atom stereocenters. The van der Waals surface area contributed by atoms with Gasteiger partial charge in [0.15, 0.2) is 0 Å². The molecule has 0 fully saturated rings. The first-order valence-corrected chi connectivity index (χ1v) is 6.02. The van der Waals surface area contributed by atoms with Crippen molar-refractivity contribution in [2.45, 2.75) is 0 Å². The summed E-state index contributed by atoms with van der Waals surface area (Å²) in [6.07, 6.45) is 1.85. The van der Waals surface area contributed by atoms with E-state index in [2.05, 4.69) is 6.58 Å². The zero-order chi connectivity index (χ0) is 13.0. The zero-order valence-corrected chi connectivity index (χ0v) is 10.9. The molecule has 2 aromatic rings. The van der Waals surface area contributed by atoms with Crippen LogP contribution in [0.25, 0.3) is 0 Å². The predicted octanol–water partition coefficient (Wildman–Crippen LogP) is 4.51. The molecule has 0 saturated carbocycles. The summed E-state index contributed by atoms with van der Waals surface area (Å²) in [5, 5.41) is 0.733. The van der Waals surface area contributed by atoms with E-state index in [1.807, 2.05) is 54.6 Å². The summed E-state index contributed by atoms with van der Waals surface area (Å²) < 4.78 is 5.15. The minimum absolute atomic E-state index is 0.733. The molecule has 1 nitrogen and oxygen atoms in total. The van der Waals surface area contributed by atoms with Crippen LogP contribution in [0.2, 0.25) is 5.02 Å². The van der Waals surface area contributed by atoms with Gasteiger partial charge in [0.1, 0.15) is 5.75 Å². The van der Waals surface area contributed by atoms with E-state index in [1.165, 1.54) is 0 Å². The summed E-state index contributed by atoms with van der Waals surface area (Å²) >= 11 is 5.89. The van der Waals surface area contributed by atoms with Crippen molar-refractivity contribution in [3.8, 4) is 5.75 Å². The van der Waals surface area contributed by atoms with Crippen LogP contribution in [0, 0.1) is 5.92 Å². The minimum Gasteiger partial charge on any atom is -0.497 e. The Morgan fingerprint density at radius 2 is 1.50 bits per heavy atom. The maximum absolute atomic E-state index is 5.89. The lowest BCUT2D eigenvalue weighted by molar-refractivity contribution is 0.414. The van der Waals surface area contributed by atoms with Gasteiger partial charge in [-0.3, -0.25) is 0 Å². The summed E-state index contributed by atoms with van der Waals surface area (Å²) in [5.74, 6) is 1.92. The van der Waals surface area contributed by atoms with Crippen molar-refractivity contribution in [2.24, 2.45) is 0 Å². The molecule has 0 bridgehead atoms. The van der Waals surface area contributed by atoms with E-state index < -0.39 is 0 Å². The normalized spacial score (nSPS) is 10.4. The number of methoxy groups -OCH3 is 1. The molecule has 0 spiro atoms. The van der Waals surface area contributed by atoms with Gasteiger partial charge in [-0.25, -0.2) is 0 Å². The summed E-state index contributed by atoms with van der Waals surface area (Å²) in [5.41, 5.74) is 2.20. The van der Waals surface area contributed by atoms with Crippen molar-refractivity contribution in [3.63, 3.8) is 0 Å². The lowest BCUT2D eigenvalue weighted by Crippen LogP contribution is -1.98. The fourth-order valence-corrected chi connectivity index (χ4v) is 1.93. The van der Waals surface area contributed by atoms with Gasteiger partial charge in [0, 0.05) is 5.02 Å². The molecule has 2 heteroatoms. The number of hydrogen-bond donors (Lipinski definition) is 0. The van der Waals surface area contributed by atoms with E-state index in [4.69, 9.17) is 16.3 Å². The molecule has 0 unspecified atom stereocenters. The Morgan fingerprint density at radius 1 is 1.00 bits per heavy atom. The molecular formula is C16H14ClO. The Morgan fingerprint density at radius 3 is 1.94 bits per heavy atom. The molecule has 91 valence electrons. The molecule has 0 aliphatic carbocycles. The lowest BCUT2D eigenvalue weighted by atomic mass is 9.91. The van der Waals surface area contributed by atoms with Gasteiger partial charge in [-0.05, 0) is 35.4 Å². The summed E-state index contributed by atoms with van der Waals surface area (Å²) in [6.45, 7) is 3.88. The zero-order valence-electron chi connectivity index (χ0n) is 10.2. The van der Waals surface area contributed by atoms with Crippen molar-refractivity contribution < 1.29 is 4.74 Å². The Balaban J connectivity index is 2.32. The van der Waals surface area contributed by atoms with Crippen LogP contribution in [0.1, 0.15) is 11.1 Å². The maximum Gasteiger partial charge on any atom is 0.118 e. The van der Waals surface area contributed by atoms with E-state index in [0.29, 0.717) is 0 Å². The predicted molar refractivity (Wildman–Crippen MR) is 76.1 cm³/mol. The highest BCUT2D eigenvalue weighted by Gasteiger charge is 2.11. The third-order valence-corrected chi connectivity index (χ3v) is 3.01. The monoisotopic (exact) mass is 257 g/mol. The fraction of sp³-hybridized carbons (Fsp3) is 0.0625. The molecule has 0 amide bonds. The van der Waals surface area contributed by atoms with Crippen LogP contribution in [-0.4, -0.2) is 7.11 Å². The number of ether oxygens (including phenoxy) is 1. The van der Waals surface area contributed by atoms with Gasteiger partial charge in [0.2, 0.25) is 0 Å². The van der Waals surface area contributed by atoms with E-state index >= 15 is 0 Å². The highest BCUT2D eigenvalue weighted by Crippen LogP contribution is 2.27. The van der Waals surface area contributed by atoms with Crippen LogP contribution in [-0.2, 0) is 0 Å². The molecule has 2 rings (SSSR count). The number of benzene rings is 2. The standard InChI is InChI=1S/C16H14ClO/c1-3-16(12-4-8-14(17)9-5-12)13-6-10-15(18-2)11-7-13/h3-11H,1H2,2H3. The second kappa shape index (κ2) is 5.74. The first-order valence-electron chi connectivity index (χ1n) is 5.64. The first kappa shape index (κ1) is 12.7. The van der Waals surface area contributed by atoms with Crippen molar-refractivity contribution in [3.05, 3.63) is 83.3 Å². The van der Waals surface area contributed by atoms with Crippen LogP contribution >= 0.6 is 11.6 Å². The van der Waals surface area contributed by atoms with Gasteiger partial charge in [0.05, 0.1) is 13.0 Å². The van der Waals surface area contributed by atoms with Gasteiger partial charge >= 0.3 is 0 Å². The van der Waals surface area contributed by atoms with Gasteiger partial charge in [-0.2, -0.15) is 0 Å². The fourth-order valence-electron chi connectivity index (χ4n) is 1.80. The number of hydrogen-bond acceptors (Lipinski definition) is 1. The summed E-state index contributed by atoms with van der Waals surface area (Å²) in [6, 6.07) is 15.7. The van der Waals surface area contributed by atoms with Gasteiger partial charge in [-0.15, -0.1) is 6.58 Å². The number of allylic oxidation sites excluding steroid dienone is 1. The molecule has 0 aromatic heterocycles. The Labute approximate surface area is 113 Å². The molecule has 0 heterocycles. The van der Waals surface area contributed by atoms with Crippen LogP contribution < -0.4 is 4.74 Å². The SMILES string of the molecule is C=C[C](c1ccc(Cl)cc1)c1ccc(OC)cc1. The van der Waals surface area contributed by atoms with Crippen LogP contribution in [0.15, 0.2) is 61.2 Å². The third-order valence-electron chi connectivity index (χ3n) is 2.76. The van der Waals surface area contributed by atoms with Gasteiger partial charge < -0.3 is 4.74 Å². The molecule has 0 saturated heterocycles. The summed E-state index contributed by atoms with van der Waals surface area (Å²) in [7, 11) is 1.66. The van der Waals surface area contributed by atoms with Crippen molar-refractivity contribution in [1.29, 1.82) is 0 Å². The number of halogens is 1. The topological polar surface area (TPSA) is 9.23 Å². The average Bonchev–Trinajstić information content (AvgIpc) is 2.42. The molecule has 0 aliphatic rings. The third kappa shape index (κ3) is 2.74. The van der Waals surface area contributed by atoms with Gasteiger partial charge in [-0.1, -0.05) is 41.9 Å². The second-order valence-electron chi connectivity index (χ2n) is 3.85. The molecule has 18 heavy (non-hydrogen) atoms. The van der Waals surface area contributed by atoms with Crippen LogP contribution in [0.4, 0.5) is 0 Å². The van der Waals surface area contributed by atoms with Crippen LogP contribution in [0.5, 0.6) is 5.75 Å². The van der Waals surface area contributed by atoms with Crippen LogP contribution in [0.3, 0.4) is 0 Å². The van der Waals surface area contributed by atoms with E-state index in [-0.39, 0.29) is 0 Å². The van der Waals surface area contributed by atoms with Gasteiger partial charge in [0.25, 0.3) is 0 Å². The smallest absolute Gasteiger partial charge is 0.118 e.